The van der Waals surface area contributed by atoms with E-state index >= 15 is 0 Å². The molecule has 5 heteroatoms. The highest BCUT2D eigenvalue weighted by atomic mass is 31.1. The molecule has 0 spiro atoms. The Morgan fingerprint density at radius 3 is 1.17 bits per heavy atom. The molecule has 0 bridgehead atoms. The van der Waals surface area contributed by atoms with Gasteiger partial charge in [-0.2, -0.15) is 4.20 Å². The Balaban J connectivity index is 0. The molecule has 2 N–H and O–H groups in total. The SMILES string of the molecule is CC(C)(O)C(C)(C)O.C[PH](=O)F. The van der Waals surface area contributed by atoms with Gasteiger partial charge in [0, 0.05) is 6.66 Å². The summed E-state index contributed by atoms with van der Waals surface area (Å²) in [7, 11) is -2.63. The molecule has 3 nitrogen and oxygen atoms in total. The van der Waals surface area contributed by atoms with Gasteiger partial charge >= 0.3 is 0 Å². The van der Waals surface area contributed by atoms with Crippen LogP contribution in [-0.4, -0.2) is 28.1 Å². The first-order valence-corrected chi connectivity index (χ1v) is 5.38. The molecule has 0 aromatic heterocycles. The summed E-state index contributed by atoms with van der Waals surface area (Å²) in [4.78, 5) is 0. The molecule has 0 amide bonds. The zero-order valence-electron chi connectivity index (χ0n) is 8.18. The molecule has 0 saturated heterocycles. The first kappa shape index (κ1) is 14.6. The van der Waals surface area contributed by atoms with Gasteiger partial charge in [-0.25, -0.2) is 0 Å². The first-order valence-electron chi connectivity index (χ1n) is 3.59. The van der Waals surface area contributed by atoms with E-state index in [0.717, 1.165) is 6.66 Å². The van der Waals surface area contributed by atoms with E-state index in [-0.39, 0.29) is 0 Å². The van der Waals surface area contributed by atoms with Gasteiger partial charge in [0.15, 0.2) is 0 Å². The minimum atomic E-state index is -2.63. The second-order valence-electron chi connectivity index (χ2n) is 3.59. The molecular weight excluding hydrogens is 182 g/mol. The molecule has 12 heavy (non-hydrogen) atoms. The van der Waals surface area contributed by atoms with Crippen LogP contribution in [0.4, 0.5) is 4.20 Å². The van der Waals surface area contributed by atoms with E-state index in [1.807, 2.05) is 0 Å². The summed E-state index contributed by atoms with van der Waals surface area (Å²) in [6, 6.07) is 0. The van der Waals surface area contributed by atoms with Crippen LogP contribution in [0.1, 0.15) is 27.7 Å². The predicted molar refractivity (Wildman–Crippen MR) is 48.6 cm³/mol. The Morgan fingerprint density at radius 2 is 1.17 bits per heavy atom. The molecule has 1 atom stereocenters. The van der Waals surface area contributed by atoms with Gasteiger partial charge in [-0.05, 0) is 27.7 Å². The zero-order chi connectivity index (χ0) is 10.6. The molecule has 0 saturated carbocycles. The quantitative estimate of drug-likeness (QED) is 0.632. The van der Waals surface area contributed by atoms with Crippen LogP contribution in [-0.2, 0) is 4.57 Å². The molecule has 0 fully saturated rings. The molecule has 0 radical (unpaired) electrons. The summed E-state index contributed by atoms with van der Waals surface area (Å²) in [5.74, 6) is 0. The van der Waals surface area contributed by atoms with Gasteiger partial charge in [-0.15, -0.1) is 0 Å². The van der Waals surface area contributed by atoms with Gasteiger partial charge < -0.3 is 10.2 Å². The average Bonchev–Trinajstić information content (AvgIpc) is 1.55. The molecule has 76 valence electrons. The molecule has 1 unspecified atom stereocenters. The maximum absolute atomic E-state index is 10.5. The number of halogens is 1. The molecule has 0 rings (SSSR count). The number of hydrogen-bond donors (Lipinski definition) is 2. The monoisotopic (exact) mass is 200 g/mol. The minimum absolute atomic E-state index is 1.01. The number of aliphatic hydroxyl groups is 2. The fraction of sp³-hybridized carbons (Fsp3) is 1.00. The van der Waals surface area contributed by atoms with Crippen molar-refractivity contribution in [3.8, 4) is 0 Å². The smallest absolute Gasteiger partial charge is 0.230 e. The van der Waals surface area contributed by atoms with Crippen molar-refractivity contribution in [3.63, 3.8) is 0 Å². The number of rotatable bonds is 1. The molecule has 0 aromatic rings. The largest absolute Gasteiger partial charge is 0.387 e. The van der Waals surface area contributed by atoms with Crippen molar-refractivity contribution >= 4 is 8.11 Å². The van der Waals surface area contributed by atoms with Crippen molar-refractivity contribution in [1.82, 2.24) is 0 Å². The van der Waals surface area contributed by atoms with E-state index in [2.05, 4.69) is 0 Å². The van der Waals surface area contributed by atoms with Crippen LogP contribution >= 0.6 is 8.11 Å². The Labute approximate surface area is 73.5 Å². The van der Waals surface area contributed by atoms with Crippen LogP contribution in [0, 0.1) is 0 Å². The predicted octanol–water partition coefficient (Wildman–Crippen LogP) is 1.59. The van der Waals surface area contributed by atoms with Crippen molar-refractivity contribution in [2.45, 2.75) is 38.9 Å². The first-order chi connectivity index (χ1) is 4.98. The lowest BCUT2D eigenvalue weighted by molar-refractivity contribution is -0.107. The van der Waals surface area contributed by atoms with Crippen LogP contribution in [0.25, 0.3) is 0 Å². The van der Waals surface area contributed by atoms with Crippen LogP contribution in [0.3, 0.4) is 0 Å². The molecule has 0 heterocycles. The van der Waals surface area contributed by atoms with Gasteiger partial charge in [-0.1, -0.05) is 0 Å². The van der Waals surface area contributed by atoms with Gasteiger partial charge in [0.1, 0.15) is 0 Å². The van der Waals surface area contributed by atoms with Crippen LogP contribution in [0.5, 0.6) is 0 Å². The molecule has 0 aliphatic heterocycles. The van der Waals surface area contributed by atoms with Gasteiger partial charge in [0.25, 0.3) is 0 Å². The molecule has 0 aliphatic rings. The summed E-state index contributed by atoms with van der Waals surface area (Å²) < 4.78 is 19.5. The van der Waals surface area contributed by atoms with Crippen molar-refractivity contribution < 1.29 is 19.0 Å². The fourth-order valence-corrected chi connectivity index (χ4v) is 0. The number of hydrogen-bond acceptors (Lipinski definition) is 3. The lowest BCUT2D eigenvalue weighted by atomic mass is 9.90. The Hall–Kier alpha value is 0.0800. The molecular formula is C7H18FO3P. The van der Waals surface area contributed by atoms with Crippen molar-refractivity contribution in [2.24, 2.45) is 0 Å². The topological polar surface area (TPSA) is 57.5 Å². The van der Waals surface area contributed by atoms with Crippen molar-refractivity contribution in [2.75, 3.05) is 6.66 Å². The Bertz CT molecular complexity index is 130. The maximum Gasteiger partial charge on any atom is 0.230 e. The third-order valence-electron chi connectivity index (χ3n) is 1.50. The highest BCUT2D eigenvalue weighted by molar-refractivity contribution is 7.37. The summed E-state index contributed by atoms with van der Waals surface area (Å²) in [6.07, 6.45) is 0. The summed E-state index contributed by atoms with van der Waals surface area (Å²) in [5.41, 5.74) is -2.01. The van der Waals surface area contributed by atoms with E-state index in [0.29, 0.717) is 0 Å². The second-order valence-corrected chi connectivity index (χ2v) is 4.53. The Kier molecular flexibility index (Phi) is 6.02. The molecule has 0 aromatic carbocycles. The summed E-state index contributed by atoms with van der Waals surface area (Å²) >= 11 is 0. The van der Waals surface area contributed by atoms with Crippen LogP contribution < -0.4 is 0 Å². The second kappa shape index (κ2) is 4.95. The van der Waals surface area contributed by atoms with E-state index < -0.39 is 19.3 Å². The van der Waals surface area contributed by atoms with E-state index in [9.17, 15) is 4.20 Å². The normalized spacial score (nSPS) is 14.7. The van der Waals surface area contributed by atoms with E-state index in [4.69, 9.17) is 14.8 Å². The lowest BCUT2D eigenvalue weighted by Crippen LogP contribution is -2.44. The van der Waals surface area contributed by atoms with E-state index in [1.165, 1.54) is 0 Å². The summed E-state index contributed by atoms with van der Waals surface area (Å²) in [6.45, 7) is 7.35. The van der Waals surface area contributed by atoms with Gasteiger partial charge in [0.2, 0.25) is 8.11 Å². The van der Waals surface area contributed by atoms with Crippen molar-refractivity contribution in [1.29, 1.82) is 0 Å². The lowest BCUT2D eigenvalue weighted by Gasteiger charge is -2.31. The average molecular weight is 200 g/mol. The highest BCUT2D eigenvalue weighted by Crippen LogP contribution is 2.19. The van der Waals surface area contributed by atoms with Crippen molar-refractivity contribution in [3.05, 3.63) is 0 Å². The maximum atomic E-state index is 10.5. The Morgan fingerprint density at radius 1 is 1.08 bits per heavy atom. The van der Waals surface area contributed by atoms with Gasteiger partial charge in [0.05, 0.1) is 11.2 Å². The van der Waals surface area contributed by atoms with E-state index in [1.54, 1.807) is 27.7 Å². The van der Waals surface area contributed by atoms with Crippen LogP contribution in [0.15, 0.2) is 0 Å². The minimum Gasteiger partial charge on any atom is -0.387 e. The van der Waals surface area contributed by atoms with Gasteiger partial charge in [-0.3, -0.25) is 4.57 Å². The third-order valence-corrected chi connectivity index (χ3v) is 1.50. The fourth-order valence-electron chi connectivity index (χ4n) is 0. The van der Waals surface area contributed by atoms with Crippen LogP contribution in [0.2, 0.25) is 0 Å². The summed E-state index contributed by atoms with van der Waals surface area (Å²) in [5, 5.41) is 18.2. The standard InChI is InChI=1S/C6H14O2.CH4FOP/c1-5(2,7)6(3,4)8;1-4(2)3/h7-8H,1-4H3;4H,1H3. The molecule has 0 aliphatic carbocycles. The highest BCUT2D eigenvalue weighted by Gasteiger charge is 2.31. The third kappa shape index (κ3) is 10.1. The zero-order valence-corrected chi connectivity index (χ0v) is 9.18.